The highest BCUT2D eigenvalue weighted by Gasteiger charge is 2.34. The molecule has 3 aliphatic rings. The first-order valence-electron chi connectivity index (χ1n) is 16.5. The van der Waals surface area contributed by atoms with Gasteiger partial charge in [0.05, 0.1) is 43.1 Å². The number of anilines is 1. The zero-order valence-electron chi connectivity index (χ0n) is 28.0. The van der Waals surface area contributed by atoms with Crippen molar-refractivity contribution in [2.75, 3.05) is 58.1 Å². The van der Waals surface area contributed by atoms with E-state index in [0.717, 1.165) is 23.2 Å². The number of hydrogen-bond donors (Lipinski definition) is 2. The number of hydrogen-bond acceptors (Lipinski definition) is 9. The number of aliphatic hydroxyl groups is 1. The molecule has 48 heavy (non-hydrogen) atoms. The minimum Gasteiger partial charge on any atom is -0.491 e. The molecule has 2 aromatic carbocycles. The van der Waals surface area contributed by atoms with Crippen LogP contribution < -0.4 is 14.4 Å². The standard InChI is InChI=1S/C35H46ClN3O8S/c1-5-23-12-14-39-19-25(29-10-8-26(36)17-24(29)13-15-40)20-45-32-11-9-28(18-30(32)39)48(43)37-33(41)35(2,3)46-16-6-7-31(23)47-34(42)38(4)27-21-44-22-27/h6-11,17-18,23,25,27,31,40H,5,12-16,19-22H2,1-4H3,(H,37,41)/b7-6+. The van der Waals surface area contributed by atoms with Crippen LogP contribution in [-0.4, -0.2) is 97.1 Å². The topological polar surface area (TPSA) is 127 Å². The van der Waals surface area contributed by atoms with E-state index in [1.54, 1.807) is 50.1 Å². The van der Waals surface area contributed by atoms with Crippen molar-refractivity contribution in [2.24, 2.45) is 5.92 Å². The number of aliphatic hydroxyl groups excluding tert-OH is 1. The van der Waals surface area contributed by atoms with E-state index in [1.165, 1.54) is 0 Å². The van der Waals surface area contributed by atoms with Gasteiger partial charge in [-0.3, -0.25) is 9.52 Å². The van der Waals surface area contributed by atoms with Crippen LogP contribution in [0.25, 0.3) is 0 Å². The molecule has 1 fully saturated rings. The Bertz CT molecular complexity index is 1520. The number of carbonyl (C=O) groups is 2. The summed E-state index contributed by atoms with van der Waals surface area (Å²) in [7, 11) is -0.129. The highest BCUT2D eigenvalue weighted by molar-refractivity contribution is 7.83. The molecule has 4 atom stereocenters. The van der Waals surface area contributed by atoms with E-state index >= 15 is 0 Å². The minimum atomic E-state index is -1.85. The van der Waals surface area contributed by atoms with Gasteiger partial charge in [0.25, 0.3) is 5.91 Å². The summed E-state index contributed by atoms with van der Waals surface area (Å²) < 4.78 is 39.7. The number of amides is 2. The van der Waals surface area contributed by atoms with Gasteiger partial charge in [-0.25, -0.2) is 9.00 Å². The van der Waals surface area contributed by atoms with Gasteiger partial charge in [-0.1, -0.05) is 30.7 Å². The predicted octanol–water partition coefficient (Wildman–Crippen LogP) is 4.61. The molecule has 0 radical (unpaired) electrons. The van der Waals surface area contributed by atoms with Crippen molar-refractivity contribution < 1.29 is 37.9 Å². The molecule has 0 aliphatic carbocycles. The summed E-state index contributed by atoms with van der Waals surface area (Å²) in [6, 6.07) is 11.0. The molecule has 2 amide bonds. The molecule has 0 saturated carbocycles. The Morgan fingerprint density at radius 1 is 1.21 bits per heavy atom. The average molecular weight is 704 g/mol. The number of halogens is 1. The summed E-state index contributed by atoms with van der Waals surface area (Å²) in [6.07, 6.45) is 4.49. The van der Waals surface area contributed by atoms with Gasteiger partial charge in [-0.15, -0.1) is 0 Å². The van der Waals surface area contributed by atoms with Crippen LogP contribution in [0.2, 0.25) is 5.02 Å². The fourth-order valence-corrected chi connectivity index (χ4v) is 7.22. The summed E-state index contributed by atoms with van der Waals surface area (Å²) in [5.74, 6) is -0.0145. The van der Waals surface area contributed by atoms with Crippen molar-refractivity contribution in [1.29, 1.82) is 0 Å². The minimum absolute atomic E-state index is 0.0115. The monoisotopic (exact) mass is 703 g/mol. The van der Waals surface area contributed by atoms with E-state index in [1.807, 2.05) is 24.3 Å². The Balaban J connectivity index is 1.50. The molecule has 4 unspecified atom stereocenters. The number of benzene rings is 2. The second-order valence-electron chi connectivity index (χ2n) is 13.0. The number of fused-ring (bicyclic) bond motifs is 1. The average Bonchev–Trinajstić information content (AvgIpc) is 3.21. The zero-order chi connectivity index (χ0) is 34.4. The maximum atomic E-state index is 13.4. The number of ether oxygens (including phenoxy) is 4. The molecule has 5 rings (SSSR count). The molecule has 2 bridgehead atoms. The van der Waals surface area contributed by atoms with E-state index in [4.69, 9.17) is 30.5 Å². The van der Waals surface area contributed by atoms with Crippen LogP contribution in [0.15, 0.2) is 53.4 Å². The quantitative estimate of drug-likeness (QED) is 0.415. The van der Waals surface area contributed by atoms with Gasteiger partial charge in [0.2, 0.25) is 0 Å². The molecular formula is C35H46ClN3O8S. The highest BCUT2D eigenvalue weighted by atomic mass is 35.5. The van der Waals surface area contributed by atoms with Crippen molar-refractivity contribution in [3.05, 3.63) is 64.7 Å². The lowest BCUT2D eigenvalue weighted by Crippen LogP contribution is -2.50. The first-order valence-corrected chi connectivity index (χ1v) is 18.0. The summed E-state index contributed by atoms with van der Waals surface area (Å²) in [5, 5.41) is 10.4. The van der Waals surface area contributed by atoms with Crippen molar-refractivity contribution in [3.63, 3.8) is 0 Å². The predicted molar refractivity (Wildman–Crippen MR) is 184 cm³/mol. The van der Waals surface area contributed by atoms with Gasteiger partial charge in [0.1, 0.15) is 17.5 Å². The summed E-state index contributed by atoms with van der Waals surface area (Å²) >= 11 is 6.34. The molecule has 13 heteroatoms. The largest absolute Gasteiger partial charge is 0.491 e. The molecule has 3 aliphatic heterocycles. The Labute approximate surface area is 290 Å². The highest BCUT2D eigenvalue weighted by Crippen LogP contribution is 2.38. The lowest BCUT2D eigenvalue weighted by atomic mass is 9.91. The lowest BCUT2D eigenvalue weighted by molar-refractivity contribution is -0.139. The summed E-state index contributed by atoms with van der Waals surface area (Å²) in [5.41, 5.74) is 1.47. The molecule has 0 spiro atoms. The fraction of sp³-hybridized carbons (Fsp3) is 0.543. The van der Waals surface area contributed by atoms with Gasteiger partial charge in [0, 0.05) is 43.6 Å². The second kappa shape index (κ2) is 16.0. The number of nitrogens with one attached hydrogen (secondary N) is 1. The zero-order valence-corrected chi connectivity index (χ0v) is 29.6. The van der Waals surface area contributed by atoms with Crippen LogP contribution in [0, 0.1) is 5.92 Å². The summed E-state index contributed by atoms with van der Waals surface area (Å²) in [6.45, 7) is 7.87. The van der Waals surface area contributed by atoms with Crippen molar-refractivity contribution >= 4 is 40.3 Å². The number of likely N-dealkylation sites (N-methyl/N-ethyl adjacent to an activating group) is 1. The Morgan fingerprint density at radius 2 is 2.00 bits per heavy atom. The van der Waals surface area contributed by atoms with Crippen LogP contribution in [-0.2, 0) is 36.4 Å². The van der Waals surface area contributed by atoms with Gasteiger partial charge < -0.3 is 33.9 Å². The lowest BCUT2D eigenvalue weighted by Gasteiger charge is -2.35. The Kier molecular flexibility index (Phi) is 12.1. The molecule has 2 N–H and O–H groups in total. The van der Waals surface area contributed by atoms with E-state index in [9.17, 15) is 18.9 Å². The van der Waals surface area contributed by atoms with Crippen LogP contribution >= 0.6 is 11.6 Å². The second-order valence-corrected chi connectivity index (χ2v) is 14.6. The molecular weight excluding hydrogens is 658 g/mol. The van der Waals surface area contributed by atoms with Crippen LogP contribution in [0.5, 0.6) is 5.75 Å². The van der Waals surface area contributed by atoms with Gasteiger partial charge in [-0.05, 0) is 80.6 Å². The molecule has 11 nitrogen and oxygen atoms in total. The third kappa shape index (κ3) is 8.52. The SMILES string of the molecule is CCC1CCN2CC(c3ccc(Cl)cc3CCO)COc3ccc(cc32)S(=O)NC(=O)C(C)(C)OC/C=C/C1OC(=O)N(C)C1COC1. The molecule has 0 aromatic heterocycles. The van der Waals surface area contributed by atoms with Crippen molar-refractivity contribution in [3.8, 4) is 5.75 Å². The van der Waals surface area contributed by atoms with Crippen LogP contribution in [0.4, 0.5) is 10.5 Å². The number of nitrogens with zero attached hydrogens (tertiary/aromatic N) is 2. The number of carbonyl (C=O) groups excluding carboxylic acids is 2. The van der Waals surface area contributed by atoms with E-state index in [-0.39, 0.29) is 31.1 Å². The van der Waals surface area contributed by atoms with Gasteiger partial charge >= 0.3 is 6.09 Å². The van der Waals surface area contributed by atoms with Gasteiger partial charge in [0.15, 0.2) is 11.0 Å². The third-order valence-corrected chi connectivity index (χ3v) is 10.6. The van der Waals surface area contributed by atoms with Crippen molar-refractivity contribution in [2.45, 2.75) is 68.6 Å². The van der Waals surface area contributed by atoms with Crippen LogP contribution in [0.1, 0.15) is 50.7 Å². The molecule has 1 saturated heterocycles. The number of rotatable bonds is 6. The molecule has 3 heterocycles. The first-order chi connectivity index (χ1) is 23.0. The van der Waals surface area contributed by atoms with E-state index in [2.05, 4.69) is 16.5 Å². The van der Waals surface area contributed by atoms with Gasteiger partial charge in [-0.2, -0.15) is 0 Å². The molecule has 262 valence electrons. The molecule has 2 aromatic rings. The van der Waals surface area contributed by atoms with E-state index < -0.39 is 34.7 Å². The maximum absolute atomic E-state index is 13.4. The first kappa shape index (κ1) is 36.1. The van der Waals surface area contributed by atoms with Crippen LogP contribution in [0.3, 0.4) is 0 Å². The Hall–Kier alpha value is -3.16. The third-order valence-electron chi connectivity index (χ3n) is 9.34. The smallest absolute Gasteiger partial charge is 0.410 e. The maximum Gasteiger partial charge on any atom is 0.410 e. The summed E-state index contributed by atoms with van der Waals surface area (Å²) in [4.78, 5) is 30.6. The van der Waals surface area contributed by atoms with E-state index in [0.29, 0.717) is 61.4 Å². The Morgan fingerprint density at radius 3 is 2.71 bits per heavy atom. The normalized spacial score (nSPS) is 25.5. The van der Waals surface area contributed by atoms with Crippen molar-refractivity contribution in [1.82, 2.24) is 9.62 Å². The fourth-order valence-electron chi connectivity index (χ4n) is 6.09.